The van der Waals surface area contributed by atoms with Gasteiger partial charge in [0.25, 0.3) is 0 Å². The van der Waals surface area contributed by atoms with Crippen LogP contribution in [0.3, 0.4) is 0 Å². The molecule has 0 spiro atoms. The van der Waals surface area contributed by atoms with Crippen LogP contribution in [0.2, 0.25) is 0 Å². The van der Waals surface area contributed by atoms with Crippen LogP contribution < -0.4 is 5.32 Å². The Kier molecular flexibility index (Phi) is 10.4. The topological polar surface area (TPSA) is 77.8 Å². The number of carbonyl (C=O) groups is 2. The minimum Gasteiger partial charge on any atom is -0.460 e. The Labute approximate surface area is 208 Å². The standard InChI is InChI=1S/C27H37NO5.ClH/c1-2-31-14-6-7-15-32-27(30)25-18-21-16-19(10-11-24(21)33-25)17-23(29)26-22(12-13-28-26)20-8-4-3-5-9-20;/h10-11,16,18,20,22,26,28H,2-9,12-15,17H2,1H3;1H/t22-,26-;/m0./s1. The molecule has 2 fully saturated rings. The fourth-order valence-electron chi connectivity index (χ4n) is 5.45. The van der Waals surface area contributed by atoms with Crippen LogP contribution in [0.5, 0.6) is 0 Å². The number of esters is 1. The maximum atomic E-state index is 13.2. The van der Waals surface area contributed by atoms with Gasteiger partial charge in [-0.3, -0.25) is 4.79 Å². The Morgan fingerprint density at radius 1 is 1.06 bits per heavy atom. The number of fused-ring (bicyclic) bond motifs is 1. The molecule has 1 N–H and O–H groups in total. The lowest BCUT2D eigenvalue weighted by molar-refractivity contribution is -0.121. The maximum Gasteiger partial charge on any atom is 0.374 e. The van der Waals surface area contributed by atoms with Gasteiger partial charge in [-0.15, -0.1) is 12.4 Å². The minimum atomic E-state index is -0.453. The van der Waals surface area contributed by atoms with Crippen molar-refractivity contribution in [1.82, 2.24) is 5.32 Å². The molecule has 2 aromatic rings. The molecule has 7 heteroatoms. The van der Waals surface area contributed by atoms with Gasteiger partial charge < -0.3 is 19.2 Å². The Morgan fingerprint density at radius 3 is 2.65 bits per heavy atom. The van der Waals surface area contributed by atoms with Gasteiger partial charge >= 0.3 is 5.97 Å². The van der Waals surface area contributed by atoms with Crippen LogP contribution in [0.15, 0.2) is 28.7 Å². The Morgan fingerprint density at radius 2 is 1.85 bits per heavy atom. The molecule has 0 radical (unpaired) electrons. The summed E-state index contributed by atoms with van der Waals surface area (Å²) in [6, 6.07) is 7.42. The Bertz CT molecular complexity index is 936. The lowest BCUT2D eigenvalue weighted by atomic mass is 9.75. The first-order valence-corrected chi connectivity index (χ1v) is 12.7. The van der Waals surface area contributed by atoms with Crippen molar-refractivity contribution in [3.8, 4) is 0 Å². The molecule has 2 heterocycles. The number of ether oxygens (including phenoxy) is 2. The minimum absolute atomic E-state index is 0. The predicted molar refractivity (Wildman–Crippen MR) is 135 cm³/mol. The lowest BCUT2D eigenvalue weighted by Crippen LogP contribution is -2.40. The number of ketones is 1. The second-order valence-electron chi connectivity index (χ2n) is 9.45. The third-order valence-electron chi connectivity index (χ3n) is 7.15. The second kappa shape index (κ2) is 13.3. The predicted octanol–water partition coefficient (Wildman–Crippen LogP) is 5.50. The van der Waals surface area contributed by atoms with E-state index >= 15 is 0 Å². The summed E-state index contributed by atoms with van der Waals surface area (Å²) in [5, 5.41) is 4.30. The van der Waals surface area contributed by atoms with Crippen LogP contribution >= 0.6 is 12.4 Å². The highest BCUT2D eigenvalue weighted by molar-refractivity contribution is 5.93. The lowest BCUT2D eigenvalue weighted by Gasteiger charge is -2.30. The van der Waals surface area contributed by atoms with Crippen molar-refractivity contribution < 1.29 is 23.5 Å². The average Bonchev–Trinajstić information content (AvgIpc) is 3.49. The third kappa shape index (κ3) is 6.83. The molecule has 6 nitrogen and oxygen atoms in total. The number of benzene rings is 1. The van der Waals surface area contributed by atoms with Crippen LogP contribution in [-0.2, 0) is 20.7 Å². The molecule has 188 valence electrons. The van der Waals surface area contributed by atoms with Gasteiger partial charge in [0, 0.05) is 25.0 Å². The largest absolute Gasteiger partial charge is 0.460 e. The molecule has 1 aliphatic carbocycles. The van der Waals surface area contributed by atoms with Crippen LogP contribution in [0.1, 0.15) is 74.4 Å². The van der Waals surface area contributed by atoms with E-state index in [9.17, 15) is 9.59 Å². The van der Waals surface area contributed by atoms with Crippen molar-refractivity contribution >= 4 is 35.1 Å². The molecular weight excluding hydrogens is 454 g/mol. The smallest absolute Gasteiger partial charge is 0.374 e. The fourth-order valence-corrected chi connectivity index (χ4v) is 5.45. The molecule has 1 aliphatic heterocycles. The van der Waals surface area contributed by atoms with Crippen molar-refractivity contribution in [2.24, 2.45) is 11.8 Å². The van der Waals surface area contributed by atoms with Crippen molar-refractivity contribution in [3.05, 3.63) is 35.6 Å². The van der Waals surface area contributed by atoms with E-state index in [0.29, 0.717) is 43.7 Å². The van der Waals surface area contributed by atoms with E-state index < -0.39 is 5.97 Å². The highest BCUT2D eigenvalue weighted by Crippen LogP contribution is 2.36. The molecule has 1 aromatic carbocycles. The van der Waals surface area contributed by atoms with Crippen LogP contribution in [0.4, 0.5) is 0 Å². The number of Topliss-reactive ketones (excluding diaryl/α,β-unsaturated/α-hetero) is 1. The summed E-state index contributed by atoms with van der Waals surface area (Å²) >= 11 is 0. The first-order valence-electron chi connectivity index (χ1n) is 12.7. The molecule has 0 unspecified atom stereocenters. The number of furan rings is 1. The number of rotatable bonds is 11. The number of hydrogen-bond acceptors (Lipinski definition) is 6. The van der Waals surface area contributed by atoms with Crippen molar-refractivity contribution in [2.75, 3.05) is 26.4 Å². The first kappa shape index (κ1) is 26.7. The molecule has 2 aliphatic rings. The molecule has 1 saturated heterocycles. The second-order valence-corrected chi connectivity index (χ2v) is 9.45. The van der Waals surface area contributed by atoms with Crippen LogP contribution in [-0.4, -0.2) is 44.2 Å². The molecule has 0 bridgehead atoms. The number of halogens is 1. The monoisotopic (exact) mass is 491 g/mol. The molecule has 4 rings (SSSR count). The zero-order chi connectivity index (χ0) is 23.0. The van der Waals surface area contributed by atoms with Gasteiger partial charge in [-0.05, 0) is 68.3 Å². The summed E-state index contributed by atoms with van der Waals surface area (Å²) in [6.45, 7) is 4.63. The molecule has 1 saturated carbocycles. The van der Waals surface area contributed by atoms with E-state index in [1.54, 1.807) is 6.07 Å². The summed E-state index contributed by atoms with van der Waals surface area (Å²) in [7, 11) is 0. The van der Waals surface area contributed by atoms with E-state index in [4.69, 9.17) is 13.9 Å². The van der Waals surface area contributed by atoms with E-state index in [1.807, 2.05) is 25.1 Å². The SMILES string of the molecule is CCOCCCCOC(=O)c1cc2cc(CC(=O)[C@H]3NCC[C@H]3C3CCCCC3)ccc2o1.Cl. The highest BCUT2D eigenvalue weighted by atomic mass is 35.5. The Hall–Kier alpha value is -1.89. The van der Waals surface area contributed by atoms with Crippen molar-refractivity contribution in [3.63, 3.8) is 0 Å². The summed E-state index contributed by atoms with van der Waals surface area (Å²) in [5.41, 5.74) is 1.59. The molecular formula is C27H38ClNO5. The number of hydrogen-bond donors (Lipinski definition) is 1. The summed E-state index contributed by atoms with van der Waals surface area (Å²) < 4.78 is 16.3. The number of nitrogens with one attached hydrogen (secondary N) is 1. The summed E-state index contributed by atoms with van der Waals surface area (Å²) in [4.78, 5) is 25.5. The third-order valence-corrected chi connectivity index (χ3v) is 7.15. The number of carbonyl (C=O) groups excluding carboxylic acids is 2. The molecule has 34 heavy (non-hydrogen) atoms. The van der Waals surface area contributed by atoms with Crippen molar-refractivity contribution in [2.45, 2.75) is 70.8 Å². The van der Waals surface area contributed by atoms with E-state index in [-0.39, 0.29) is 30.0 Å². The van der Waals surface area contributed by atoms with Crippen LogP contribution in [0, 0.1) is 11.8 Å². The van der Waals surface area contributed by atoms with E-state index in [0.717, 1.165) is 36.8 Å². The fraction of sp³-hybridized carbons (Fsp3) is 0.630. The number of unbranched alkanes of at least 4 members (excludes halogenated alkanes) is 1. The Balaban J connectivity index is 0.00000324. The molecule has 0 amide bonds. The van der Waals surface area contributed by atoms with E-state index in [1.165, 1.54) is 32.1 Å². The maximum absolute atomic E-state index is 13.2. The normalized spacial score (nSPS) is 20.9. The average molecular weight is 492 g/mol. The van der Waals surface area contributed by atoms with Gasteiger partial charge in [0.2, 0.25) is 5.76 Å². The zero-order valence-corrected chi connectivity index (χ0v) is 21.0. The van der Waals surface area contributed by atoms with Crippen molar-refractivity contribution in [1.29, 1.82) is 0 Å². The zero-order valence-electron chi connectivity index (χ0n) is 20.2. The highest BCUT2D eigenvalue weighted by Gasteiger charge is 2.37. The van der Waals surface area contributed by atoms with Gasteiger partial charge in [0.15, 0.2) is 5.78 Å². The summed E-state index contributed by atoms with van der Waals surface area (Å²) in [6.07, 6.45) is 9.61. The first-order chi connectivity index (χ1) is 16.2. The van der Waals surface area contributed by atoms with Gasteiger partial charge in [0.05, 0.1) is 12.6 Å². The summed E-state index contributed by atoms with van der Waals surface area (Å²) in [5.74, 6) is 1.19. The quantitative estimate of drug-likeness (QED) is 0.330. The van der Waals surface area contributed by atoms with Gasteiger partial charge in [-0.1, -0.05) is 38.2 Å². The van der Waals surface area contributed by atoms with Gasteiger partial charge in [-0.2, -0.15) is 0 Å². The van der Waals surface area contributed by atoms with Crippen LogP contribution in [0.25, 0.3) is 11.0 Å². The van der Waals surface area contributed by atoms with E-state index in [2.05, 4.69) is 5.32 Å². The van der Waals surface area contributed by atoms with Gasteiger partial charge in [0.1, 0.15) is 5.58 Å². The molecule has 2 atom stereocenters. The van der Waals surface area contributed by atoms with Gasteiger partial charge in [-0.25, -0.2) is 4.79 Å². The molecule has 1 aromatic heterocycles.